The first-order valence-corrected chi connectivity index (χ1v) is 3.24. The highest BCUT2D eigenvalue weighted by atomic mass is 31.1. The van der Waals surface area contributed by atoms with Crippen LogP contribution in [0.1, 0.15) is 0 Å². The van der Waals surface area contributed by atoms with Gasteiger partial charge in [-0.2, -0.15) is 0 Å². The summed E-state index contributed by atoms with van der Waals surface area (Å²) in [5.41, 5.74) is 1.73. The van der Waals surface area contributed by atoms with E-state index in [9.17, 15) is 4.57 Å². The molecule has 1 unspecified atom stereocenters. The summed E-state index contributed by atoms with van der Waals surface area (Å²) < 4.78 is 18.9. The Balaban J connectivity index is 3.16. The fourth-order valence-electron chi connectivity index (χ4n) is 0.183. The SMILES string of the molecule is C=CCO[P+](=O)ONN. The van der Waals surface area contributed by atoms with Gasteiger partial charge in [0.1, 0.15) is 6.61 Å². The van der Waals surface area contributed by atoms with E-state index in [0.717, 1.165) is 0 Å². The first kappa shape index (κ1) is 8.68. The Morgan fingerprint density at radius 2 is 2.56 bits per heavy atom. The molecule has 5 nitrogen and oxygen atoms in total. The van der Waals surface area contributed by atoms with Gasteiger partial charge in [-0.15, -0.1) is 11.1 Å². The molecule has 9 heavy (non-hydrogen) atoms. The van der Waals surface area contributed by atoms with E-state index in [4.69, 9.17) is 0 Å². The van der Waals surface area contributed by atoms with Crippen molar-refractivity contribution in [2.24, 2.45) is 5.84 Å². The molecule has 6 heteroatoms. The largest absolute Gasteiger partial charge is 0.717 e. The molecule has 0 radical (unpaired) electrons. The van der Waals surface area contributed by atoms with Crippen molar-refractivity contribution in [3.63, 3.8) is 0 Å². The van der Waals surface area contributed by atoms with Crippen molar-refractivity contribution in [2.75, 3.05) is 6.61 Å². The fourth-order valence-corrected chi connectivity index (χ4v) is 0.549. The maximum atomic E-state index is 10.3. The van der Waals surface area contributed by atoms with Gasteiger partial charge in [-0.3, -0.25) is 0 Å². The number of nitrogens with one attached hydrogen (secondary N) is 1. The first-order valence-electron chi connectivity index (χ1n) is 2.15. The summed E-state index contributed by atoms with van der Waals surface area (Å²) in [5, 5.41) is 0. The van der Waals surface area contributed by atoms with Gasteiger partial charge < -0.3 is 0 Å². The molecule has 0 aliphatic heterocycles. The minimum atomic E-state index is -2.14. The van der Waals surface area contributed by atoms with Gasteiger partial charge in [0.25, 0.3) is 0 Å². The van der Waals surface area contributed by atoms with Gasteiger partial charge >= 0.3 is 8.25 Å². The summed E-state index contributed by atoms with van der Waals surface area (Å²) in [7, 11) is -2.14. The molecule has 0 rings (SSSR count). The van der Waals surface area contributed by atoms with Crippen molar-refractivity contribution in [2.45, 2.75) is 0 Å². The van der Waals surface area contributed by atoms with Crippen molar-refractivity contribution >= 4 is 8.25 Å². The van der Waals surface area contributed by atoms with Crippen LogP contribution >= 0.6 is 8.25 Å². The number of hydrazine groups is 1. The lowest BCUT2D eigenvalue weighted by atomic mass is 10.7. The third-order valence-electron chi connectivity index (χ3n) is 0.425. The summed E-state index contributed by atoms with van der Waals surface area (Å²) in [6.45, 7) is 3.51. The Bertz CT molecular complexity index is 107. The van der Waals surface area contributed by atoms with Crippen molar-refractivity contribution in [1.29, 1.82) is 0 Å². The van der Waals surface area contributed by atoms with Crippen LogP contribution in [-0.2, 0) is 13.7 Å². The molecule has 0 aliphatic carbocycles. The molecule has 0 aromatic heterocycles. The Kier molecular flexibility index (Phi) is 5.60. The fraction of sp³-hybridized carbons (Fsp3) is 0.333. The van der Waals surface area contributed by atoms with Crippen LogP contribution in [0.15, 0.2) is 12.7 Å². The average molecular weight is 151 g/mol. The van der Waals surface area contributed by atoms with Gasteiger partial charge in [0.2, 0.25) is 0 Å². The van der Waals surface area contributed by atoms with Crippen LogP contribution in [0.3, 0.4) is 0 Å². The zero-order chi connectivity index (χ0) is 7.11. The summed E-state index contributed by atoms with van der Waals surface area (Å²) in [6.07, 6.45) is 1.45. The summed E-state index contributed by atoms with van der Waals surface area (Å²) in [5.74, 6) is 4.64. The molecule has 0 saturated heterocycles. The number of hydrogen-bond acceptors (Lipinski definition) is 5. The molecule has 0 aliphatic rings. The van der Waals surface area contributed by atoms with Crippen molar-refractivity contribution in [3.8, 4) is 0 Å². The lowest BCUT2D eigenvalue weighted by molar-refractivity contribution is 0.165. The molecular weight excluding hydrogens is 143 g/mol. The maximum absolute atomic E-state index is 10.3. The molecule has 3 N–H and O–H groups in total. The predicted octanol–water partition coefficient (Wildman–Crippen LogP) is 0.241. The minimum absolute atomic E-state index is 0.177. The van der Waals surface area contributed by atoms with Gasteiger partial charge in [-0.05, 0) is 4.62 Å². The second kappa shape index (κ2) is 5.81. The molecule has 1 atom stereocenters. The van der Waals surface area contributed by atoms with Crippen molar-refractivity contribution in [3.05, 3.63) is 12.7 Å². The van der Waals surface area contributed by atoms with E-state index < -0.39 is 8.25 Å². The molecule has 0 saturated carbocycles. The molecule has 0 spiro atoms. The number of hydrogen-bond donors (Lipinski definition) is 2. The lowest BCUT2D eigenvalue weighted by Gasteiger charge is -1.81. The predicted molar refractivity (Wildman–Crippen MR) is 32.2 cm³/mol. The zero-order valence-corrected chi connectivity index (χ0v) is 5.64. The smallest absolute Gasteiger partial charge is 0.244 e. The Morgan fingerprint density at radius 3 is 3.00 bits per heavy atom. The average Bonchev–Trinajstić information content (AvgIpc) is 1.85. The molecule has 0 bridgehead atoms. The molecule has 0 fully saturated rings. The molecule has 52 valence electrons. The summed E-state index contributed by atoms with van der Waals surface area (Å²) >= 11 is 0. The van der Waals surface area contributed by atoms with E-state index in [1.165, 1.54) is 6.08 Å². The highest BCUT2D eigenvalue weighted by Gasteiger charge is 2.17. The van der Waals surface area contributed by atoms with Crippen molar-refractivity contribution < 1.29 is 13.7 Å². The van der Waals surface area contributed by atoms with E-state index in [0.29, 0.717) is 0 Å². The van der Waals surface area contributed by atoms with Gasteiger partial charge in [-0.1, -0.05) is 11.7 Å². The minimum Gasteiger partial charge on any atom is -0.244 e. The quantitative estimate of drug-likeness (QED) is 0.255. The third-order valence-corrected chi connectivity index (χ3v) is 1.04. The van der Waals surface area contributed by atoms with E-state index in [2.05, 4.69) is 21.6 Å². The topological polar surface area (TPSA) is 73.6 Å². The lowest BCUT2D eigenvalue weighted by Crippen LogP contribution is -2.18. The molecule has 0 aromatic rings. The molecule has 0 heterocycles. The van der Waals surface area contributed by atoms with Crippen LogP contribution in [0.2, 0.25) is 0 Å². The van der Waals surface area contributed by atoms with Gasteiger partial charge in [0, 0.05) is 4.57 Å². The normalized spacial score (nSPS) is 11.0. The monoisotopic (exact) mass is 151 g/mol. The second-order valence-corrected chi connectivity index (χ2v) is 1.91. The highest BCUT2D eigenvalue weighted by Crippen LogP contribution is 2.20. The standard InChI is InChI=1S/C3H8N2O3P/c1-2-3-7-9(6)8-5-4/h2,5H,1,3-4H2/q+1. The second-order valence-electron chi connectivity index (χ2n) is 1.02. The van der Waals surface area contributed by atoms with E-state index >= 15 is 0 Å². The van der Waals surface area contributed by atoms with E-state index in [1.54, 1.807) is 5.59 Å². The summed E-state index contributed by atoms with van der Waals surface area (Å²) in [4.78, 5) is 0. The molecule has 0 aromatic carbocycles. The van der Waals surface area contributed by atoms with Gasteiger partial charge in [0.05, 0.1) is 0 Å². The number of rotatable bonds is 5. The van der Waals surface area contributed by atoms with Gasteiger partial charge in [-0.25, -0.2) is 5.84 Å². The van der Waals surface area contributed by atoms with E-state index in [-0.39, 0.29) is 6.61 Å². The Morgan fingerprint density at radius 1 is 1.89 bits per heavy atom. The third kappa shape index (κ3) is 5.55. The van der Waals surface area contributed by atoms with Crippen LogP contribution in [0.4, 0.5) is 0 Å². The molecule has 0 amide bonds. The van der Waals surface area contributed by atoms with Crippen LogP contribution in [0.25, 0.3) is 0 Å². The van der Waals surface area contributed by atoms with Crippen LogP contribution in [0.5, 0.6) is 0 Å². The zero-order valence-electron chi connectivity index (χ0n) is 4.74. The maximum Gasteiger partial charge on any atom is 0.717 e. The van der Waals surface area contributed by atoms with Crippen LogP contribution in [-0.4, -0.2) is 6.61 Å². The molecular formula is C3H8N2O3P+. The van der Waals surface area contributed by atoms with E-state index in [1.807, 2.05) is 0 Å². The van der Waals surface area contributed by atoms with Crippen LogP contribution in [0, 0.1) is 0 Å². The summed E-state index contributed by atoms with van der Waals surface area (Å²) in [6, 6.07) is 0. The Labute approximate surface area is 53.7 Å². The number of nitrogens with two attached hydrogens (primary N) is 1. The van der Waals surface area contributed by atoms with Crippen molar-refractivity contribution in [1.82, 2.24) is 5.59 Å². The first-order chi connectivity index (χ1) is 4.31. The van der Waals surface area contributed by atoms with Crippen LogP contribution < -0.4 is 11.4 Å². The Hall–Kier alpha value is -0.320. The van der Waals surface area contributed by atoms with Gasteiger partial charge in [0.15, 0.2) is 0 Å². The highest BCUT2D eigenvalue weighted by molar-refractivity contribution is 7.33.